The van der Waals surface area contributed by atoms with Gasteiger partial charge in [-0.2, -0.15) is 0 Å². The van der Waals surface area contributed by atoms with Crippen LogP contribution in [-0.4, -0.2) is 81.2 Å². The molecule has 0 rings (SSSR count). The maximum atomic E-state index is 10.8. The van der Waals surface area contributed by atoms with Crippen LogP contribution in [0.25, 0.3) is 0 Å². The fourth-order valence-corrected chi connectivity index (χ4v) is 1.19. The Hall–Kier alpha value is -1.52. The van der Waals surface area contributed by atoms with Gasteiger partial charge in [0.2, 0.25) is 0 Å². The van der Waals surface area contributed by atoms with E-state index in [-0.39, 0.29) is 0 Å². The molecule has 0 amide bonds. The van der Waals surface area contributed by atoms with Crippen molar-refractivity contribution in [3.05, 3.63) is 12.7 Å². The number of rotatable bonds is 10. The van der Waals surface area contributed by atoms with Gasteiger partial charge in [0.25, 0.3) is 0 Å². The molecule has 0 spiro atoms. The van der Waals surface area contributed by atoms with Crippen LogP contribution in [0.1, 0.15) is 6.92 Å². The lowest BCUT2D eigenvalue weighted by Gasteiger charge is -2.26. The molecule has 0 saturated heterocycles. The van der Waals surface area contributed by atoms with E-state index >= 15 is 0 Å². The normalized spacial score (nSPS) is 18.1. The van der Waals surface area contributed by atoms with Gasteiger partial charge in [0, 0.05) is 6.08 Å². The summed E-state index contributed by atoms with van der Waals surface area (Å²) in [4.78, 5) is 21.2. The van der Waals surface area contributed by atoms with Gasteiger partial charge in [-0.1, -0.05) is 6.58 Å². The fraction of sp³-hybridized carbons (Fsp3) is 0.667. The third-order valence-corrected chi connectivity index (χ3v) is 2.57. The second-order valence-corrected chi connectivity index (χ2v) is 4.26. The van der Waals surface area contributed by atoms with Crippen LogP contribution < -0.4 is 0 Å². The summed E-state index contributed by atoms with van der Waals surface area (Å²) in [5.41, 5.74) is 0. The van der Waals surface area contributed by atoms with E-state index in [0.717, 1.165) is 6.08 Å². The van der Waals surface area contributed by atoms with Crippen LogP contribution in [0.4, 0.5) is 0 Å². The number of carbonyl (C=O) groups is 2. The van der Waals surface area contributed by atoms with Crippen LogP contribution in [0, 0.1) is 0 Å². The van der Waals surface area contributed by atoms with E-state index in [2.05, 4.69) is 11.3 Å². The number of aliphatic hydroxyl groups is 4. The van der Waals surface area contributed by atoms with Gasteiger partial charge < -0.3 is 35.0 Å². The predicted octanol–water partition coefficient (Wildman–Crippen LogP) is -2.35. The molecule has 5 atom stereocenters. The molecule has 0 aliphatic heterocycles. The van der Waals surface area contributed by atoms with Crippen LogP contribution in [-0.2, 0) is 19.1 Å². The summed E-state index contributed by atoms with van der Waals surface area (Å²) in [6.07, 6.45) is -7.26. The van der Waals surface area contributed by atoms with Crippen molar-refractivity contribution in [1.29, 1.82) is 0 Å². The van der Waals surface area contributed by atoms with Crippen molar-refractivity contribution in [2.75, 3.05) is 13.2 Å². The number of carboxylic acid groups (broad SMARTS) is 1. The topological polar surface area (TPSA) is 154 Å². The van der Waals surface area contributed by atoms with Crippen molar-refractivity contribution in [1.82, 2.24) is 0 Å². The van der Waals surface area contributed by atoms with E-state index in [0.29, 0.717) is 0 Å². The van der Waals surface area contributed by atoms with E-state index in [4.69, 9.17) is 9.84 Å². The lowest BCUT2D eigenvalue weighted by molar-refractivity contribution is -0.160. The highest BCUT2D eigenvalue weighted by atomic mass is 16.5. The first-order chi connectivity index (χ1) is 9.70. The summed E-state index contributed by atoms with van der Waals surface area (Å²) < 4.78 is 9.20. The van der Waals surface area contributed by atoms with E-state index in [9.17, 15) is 30.0 Å². The number of esters is 1. The van der Waals surface area contributed by atoms with Crippen molar-refractivity contribution < 1.29 is 44.6 Å². The van der Waals surface area contributed by atoms with Gasteiger partial charge in [-0.25, -0.2) is 9.59 Å². The van der Waals surface area contributed by atoms with Gasteiger partial charge in [0.05, 0.1) is 6.61 Å². The SMILES string of the molecule is C=CC(=O)OC[C@@H](O)[C@@H](O)[C@H](O)[C@@H](O)COC(C)C(=O)O. The van der Waals surface area contributed by atoms with Crippen LogP contribution in [0.2, 0.25) is 0 Å². The van der Waals surface area contributed by atoms with Gasteiger partial charge in [0.15, 0.2) is 6.10 Å². The second kappa shape index (κ2) is 9.42. The summed E-state index contributed by atoms with van der Waals surface area (Å²) in [5.74, 6) is -2.08. The van der Waals surface area contributed by atoms with E-state index in [1.807, 2.05) is 0 Å². The molecule has 0 aromatic carbocycles. The summed E-state index contributed by atoms with van der Waals surface area (Å²) >= 11 is 0. The first-order valence-corrected chi connectivity index (χ1v) is 6.06. The molecule has 0 saturated carbocycles. The number of hydrogen-bond donors (Lipinski definition) is 5. The maximum Gasteiger partial charge on any atom is 0.332 e. The number of aliphatic carboxylic acids is 1. The Labute approximate surface area is 121 Å². The minimum absolute atomic E-state index is 0.565. The highest BCUT2D eigenvalue weighted by Crippen LogP contribution is 2.07. The Bertz CT molecular complexity index is 357. The van der Waals surface area contributed by atoms with Crippen molar-refractivity contribution in [2.45, 2.75) is 37.4 Å². The molecule has 0 aliphatic carbocycles. The number of carboxylic acids is 1. The van der Waals surface area contributed by atoms with E-state index in [1.165, 1.54) is 6.92 Å². The first-order valence-electron chi connectivity index (χ1n) is 6.06. The van der Waals surface area contributed by atoms with Gasteiger partial charge in [-0.3, -0.25) is 0 Å². The number of aliphatic hydroxyl groups excluding tert-OH is 4. The molecular weight excluding hydrogens is 288 g/mol. The smallest absolute Gasteiger partial charge is 0.332 e. The third-order valence-electron chi connectivity index (χ3n) is 2.57. The van der Waals surface area contributed by atoms with Crippen molar-refractivity contribution in [3.8, 4) is 0 Å². The molecule has 1 unspecified atom stereocenters. The quantitative estimate of drug-likeness (QED) is 0.220. The molecule has 0 aromatic rings. The molecule has 9 nitrogen and oxygen atoms in total. The van der Waals surface area contributed by atoms with Crippen LogP contribution in [0.15, 0.2) is 12.7 Å². The van der Waals surface area contributed by atoms with Gasteiger partial charge in [-0.05, 0) is 6.92 Å². The molecule has 0 aromatic heterocycles. The first kappa shape index (κ1) is 19.5. The maximum absolute atomic E-state index is 10.8. The average Bonchev–Trinajstić information content (AvgIpc) is 2.47. The van der Waals surface area contributed by atoms with Gasteiger partial charge >= 0.3 is 11.9 Å². The number of ether oxygens (including phenoxy) is 2. The van der Waals surface area contributed by atoms with E-state index in [1.54, 1.807) is 0 Å². The van der Waals surface area contributed by atoms with Crippen molar-refractivity contribution >= 4 is 11.9 Å². The molecule has 9 heteroatoms. The summed E-state index contributed by atoms with van der Waals surface area (Å²) in [7, 11) is 0. The Morgan fingerprint density at radius 3 is 2.00 bits per heavy atom. The lowest BCUT2D eigenvalue weighted by atomic mass is 10.0. The lowest BCUT2D eigenvalue weighted by Crippen LogP contribution is -2.48. The molecule has 0 fully saturated rings. The highest BCUT2D eigenvalue weighted by Gasteiger charge is 2.31. The number of hydrogen-bond acceptors (Lipinski definition) is 8. The summed E-state index contributed by atoms with van der Waals surface area (Å²) in [6, 6.07) is 0. The van der Waals surface area contributed by atoms with Gasteiger partial charge in [-0.15, -0.1) is 0 Å². The molecule has 122 valence electrons. The molecule has 0 bridgehead atoms. The third kappa shape index (κ3) is 7.16. The van der Waals surface area contributed by atoms with Crippen molar-refractivity contribution in [3.63, 3.8) is 0 Å². The minimum Gasteiger partial charge on any atom is -0.479 e. The second-order valence-electron chi connectivity index (χ2n) is 4.26. The zero-order chi connectivity index (χ0) is 16.6. The average molecular weight is 308 g/mol. The zero-order valence-corrected chi connectivity index (χ0v) is 11.5. The molecule has 5 N–H and O–H groups in total. The Kier molecular flexibility index (Phi) is 8.74. The van der Waals surface area contributed by atoms with Crippen LogP contribution >= 0.6 is 0 Å². The van der Waals surface area contributed by atoms with Crippen LogP contribution in [0.3, 0.4) is 0 Å². The molecular formula is C12H20O9. The zero-order valence-electron chi connectivity index (χ0n) is 11.5. The monoisotopic (exact) mass is 308 g/mol. The van der Waals surface area contributed by atoms with E-state index < -0.39 is 55.7 Å². The Morgan fingerprint density at radius 2 is 1.57 bits per heavy atom. The van der Waals surface area contributed by atoms with Crippen LogP contribution in [0.5, 0.6) is 0 Å². The summed E-state index contributed by atoms with van der Waals surface area (Å²) in [5, 5.41) is 46.7. The minimum atomic E-state index is -1.82. The molecule has 0 heterocycles. The van der Waals surface area contributed by atoms with Crippen molar-refractivity contribution in [2.24, 2.45) is 0 Å². The van der Waals surface area contributed by atoms with Gasteiger partial charge in [0.1, 0.15) is 31.0 Å². The predicted molar refractivity (Wildman–Crippen MR) is 68.2 cm³/mol. The highest BCUT2D eigenvalue weighted by molar-refractivity contribution is 5.81. The standard InChI is InChI=1S/C12H20O9/c1-3-9(15)21-5-8(14)11(17)10(16)7(13)4-20-6(2)12(18)19/h3,6-8,10-11,13-14,16-17H,1,4-5H2,2H3,(H,18,19)/t6?,7-,8+,10+,11+/m0/s1. The largest absolute Gasteiger partial charge is 0.479 e. The number of carbonyl (C=O) groups excluding carboxylic acids is 1. The Morgan fingerprint density at radius 1 is 1.10 bits per heavy atom. The molecule has 0 aliphatic rings. The molecule has 21 heavy (non-hydrogen) atoms. The Balaban J connectivity index is 4.27. The fourth-order valence-electron chi connectivity index (χ4n) is 1.19. The molecule has 0 radical (unpaired) electrons. The summed E-state index contributed by atoms with van der Waals surface area (Å²) in [6.45, 7) is 3.18.